The Morgan fingerprint density at radius 1 is 1.26 bits per heavy atom. The van der Waals surface area contributed by atoms with Crippen LogP contribution in [0.4, 0.5) is 4.79 Å². The highest BCUT2D eigenvalue weighted by molar-refractivity contribution is 5.81. The molecule has 0 aliphatic heterocycles. The van der Waals surface area contributed by atoms with Crippen LogP contribution in [-0.2, 0) is 9.53 Å². The van der Waals surface area contributed by atoms with Gasteiger partial charge in [0.05, 0.1) is 6.61 Å². The minimum Gasteiger partial charge on any atom is -0.480 e. The standard InChI is InChI=1S/C13H26N2O4/c1-10(2)14(7-8-19-6)12(18)15(9-11(16)17)13(3,4)5/h10H,7-9H2,1-6H3,(H,16,17). The molecule has 0 atom stereocenters. The van der Waals surface area contributed by atoms with Crippen LogP contribution in [0.5, 0.6) is 0 Å². The number of carbonyl (C=O) groups is 2. The van der Waals surface area contributed by atoms with Crippen LogP contribution in [-0.4, -0.2) is 65.3 Å². The third kappa shape index (κ3) is 5.92. The minimum atomic E-state index is -1.02. The zero-order valence-electron chi connectivity index (χ0n) is 12.8. The first-order chi connectivity index (χ1) is 8.61. The van der Waals surface area contributed by atoms with Crippen LogP contribution in [0.25, 0.3) is 0 Å². The van der Waals surface area contributed by atoms with E-state index in [2.05, 4.69) is 0 Å². The van der Waals surface area contributed by atoms with Gasteiger partial charge in [-0.25, -0.2) is 4.79 Å². The number of carboxylic acid groups (broad SMARTS) is 1. The van der Waals surface area contributed by atoms with Crippen molar-refractivity contribution in [2.24, 2.45) is 0 Å². The van der Waals surface area contributed by atoms with Gasteiger partial charge in [-0.1, -0.05) is 0 Å². The van der Waals surface area contributed by atoms with Crippen molar-refractivity contribution in [1.82, 2.24) is 9.80 Å². The molecule has 0 spiro atoms. The van der Waals surface area contributed by atoms with Crippen molar-refractivity contribution in [3.63, 3.8) is 0 Å². The topological polar surface area (TPSA) is 70.1 Å². The smallest absolute Gasteiger partial charge is 0.323 e. The van der Waals surface area contributed by atoms with E-state index in [-0.39, 0.29) is 18.6 Å². The molecule has 0 radical (unpaired) electrons. The molecule has 2 amide bonds. The average Bonchev–Trinajstić information content (AvgIpc) is 2.23. The maximum Gasteiger partial charge on any atom is 0.323 e. The monoisotopic (exact) mass is 274 g/mol. The molecule has 0 saturated heterocycles. The fourth-order valence-corrected chi connectivity index (χ4v) is 1.65. The van der Waals surface area contributed by atoms with Crippen molar-refractivity contribution in [3.05, 3.63) is 0 Å². The van der Waals surface area contributed by atoms with E-state index in [0.29, 0.717) is 13.2 Å². The van der Waals surface area contributed by atoms with Crippen LogP contribution in [0, 0.1) is 0 Å². The average molecular weight is 274 g/mol. The summed E-state index contributed by atoms with van der Waals surface area (Å²) in [6, 6.07) is -0.289. The Labute approximate surface area is 115 Å². The molecule has 0 saturated carbocycles. The molecule has 0 bridgehead atoms. The first-order valence-electron chi connectivity index (χ1n) is 6.40. The number of nitrogens with zero attached hydrogens (tertiary/aromatic N) is 2. The first kappa shape index (κ1) is 17.7. The second-order valence-corrected chi connectivity index (χ2v) is 5.71. The Morgan fingerprint density at radius 2 is 1.79 bits per heavy atom. The molecule has 0 aliphatic carbocycles. The third-order valence-corrected chi connectivity index (χ3v) is 2.74. The van der Waals surface area contributed by atoms with Gasteiger partial charge in [0.1, 0.15) is 6.54 Å². The summed E-state index contributed by atoms with van der Waals surface area (Å²) in [5.74, 6) is -1.02. The van der Waals surface area contributed by atoms with Crippen molar-refractivity contribution >= 4 is 12.0 Å². The van der Waals surface area contributed by atoms with E-state index in [1.54, 1.807) is 12.0 Å². The second kappa shape index (κ2) is 7.33. The van der Waals surface area contributed by atoms with Gasteiger partial charge in [-0.3, -0.25) is 4.79 Å². The number of carboxylic acids is 1. The van der Waals surface area contributed by atoms with Gasteiger partial charge < -0.3 is 19.6 Å². The molecule has 0 aromatic carbocycles. The molecule has 6 heteroatoms. The summed E-state index contributed by atoms with van der Waals surface area (Å²) in [6.45, 7) is 9.82. The molecule has 0 heterocycles. The van der Waals surface area contributed by atoms with Crippen molar-refractivity contribution in [2.75, 3.05) is 26.8 Å². The van der Waals surface area contributed by atoms with Gasteiger partial charge in [0.2, 0.25) is 0 Å². The molecule has 6 nitrogen and oxygen atoms in total. The quantitative estimate of drug-likeness (QED) is 0.799. The molecule has 19 heavy (non-hydrogen) atoms. The summed E-state index contributed by atoms with van der Waals surface area (Å²) in [4.78, 5) is 26.4. The van der Waals surface area contributed by atoms with Crippen molar-refractivity contribution < 1.29 is 19.4 Å². The molecular formula is C13H26N2O4. The Kier molecular flexibility index (Phi) is 6.83. The number of carbonyl (C=O) groups excluding carboxylic acids is 1. The Morgan fingerprint density at radius 3 is 2.11 bits per heavy atom. The summed E-state index contributed by atoms with van der Waals surface area (Å²) >= 11 is 0. The van der Waals surface area contributed by atoms with Gasteiger partial charge in [0.25, 0.3) is 0 Å². The number of hydrogen-bond acceptors (Lipinski definition) is 3. The van der Waals surface area contributed by atoms with Crippen molar-refractivity contribution in [3.8, 4) is 0 Å². The van der Waals surface area contributed by atoms with Gasteiger partial charge in [0, 0.05) is 25.2 Å². The lowest BCUT2D eigenvalue weighted by Gasteiger charge is -2.39. The lowest BCUT2D eigenvalue weighted by molar-refractivity contribution is -0.138. The molecule has 0 fully saturated rings. The normalized spacial score (nSPS) is 11.5. The van der Waals surface area contributed by atoms with Crippen molar-refractivity contribution in [2.45, 2.75) is 46.2 Å². The first-order valence-corrected chi connectivity index (χ1v) is 6.40. The largest absolute Gasteiger partial charge is 0.480 e. The molecule has 1 N–H and O–H groups in total. The molecule has 0 unspecified atom stereocenters. The highest BCUT2D eigenvalue weighted by Gasteiger charge is 2.32. The van der Waals surface area contributed by atoms with Crippen LogP contribution in [0.2, 0.25) is 0 Å². The number of amides is 2. The number of aliphatic carboxylic acids is 1. The maximum absolute atomic E-state index is 12.5. The maximum atomic E-state index is 12.5. The van der Waals surface area contributed by atoms with Gasteiger partial charge in [-0.15, -0.1) is 0 Å². The van der Waals surface area contributed by atoms with Crippen molar-refractivity contribution in [1.29, 1.82) is 0 Å². The lowest BCUT2D eigenvalue weighted by Crippen LogP contribution is -2.55. The van der Waals surface area contributed by atoms with E-state index in [4.69, 9.17) is 9.84 Å². The summed E-state index contributed by atoms with van der Waals surface area (Å²) in [5, 5.41) is 8.96. The summed E-state index contributed by atoms with van der Waals surface area (Å²) in [5.41, 5.74) is -0.546. The van der Waals surface area contributed by atoms with E-state index < -0.39 is 11.5 Å². The van der Waals surface area contributed by atoms with E-state index >= 15 is 0 Å². The SMILES string of the molecule is COCCN(C(=O)N(CC(=O)O)C(C)(C)C)C(C)C. The highest BCUT2D eigenvalue weighted by atomic mass is 16.5. The van der Waals surface area contributed by atoms with Crippen LogP contribution in [0.3, 0.4) is 0 Å². The van der Waals surface area contributed by atoms with Gasteiger partial charge in [0.15, 0.2) is 0 Å². The van der Waals surface area contributed by atoms with Crippen LogP contribution < -0.4 is 0 Å². The summed E-state index contributed by atoms with van der Waals surface area (Å²) in [7, 11) is 1.57. The number of ether oxygens (including phenoxy) is 1. The predicted octanol–water partition coefficient (Wildman–Crippen LogP) is 1.65. The highest BCUT2D eigenvalue weighted by Crippen LogP contribution is 2.17. The molecule has 0 aliphatic rings. The summed E-state index contributed by atoms with van der Waals surface area (Å²) < 4.78 is 4.99. The minimum absolute atomic E-state index is 0.0127. The van der Waals surface area contributed by atoms with E-state index in [0.717, 1.165) is 0 Å². The Bertz CT molecular complexity index is 310. The number of methoxy groups -OCH3 is 1. The third-order valence-electron chi connectivity index (χ3n) is 2.74. The number of rotatable bonds is 6. The van der Waals surface area contributed by atoms with E-state index in [1.807, 2.05) is 34.6 Å². The van der Waals surface area contributed by atoms with E-state index in [9.17, 15) is 9.59 Å². The molecule has 0 aromatic heterocycles. The number of urea groups is 1. The number of hydrogen-bond donors (Lipinski definition) is 1. The van der Waals surface area contributed by atoms with Crippen LogP contribution >= 0.6 is 0 Å². The molecule has 0 aromatic rings. The lowest BCUT2D eigenvalue weighted by atomic mass is 10.1. The zero-order valence-corrected chi connectivity index (χ0v) is 12.8. The molecule has 0 rings (SSSR count). The zero-order chi connectivity index (χ0) is 15.2. The predicted molar refractivity (Wildman–Crippen MR) is 73.2 cm³/mol. The molecule has 112 valence electrons. The van der Waals surface area contributed by atoms with E-state index in [1.165, 1.54) is 4.90 Å². The van der Waals surface area contributed by atoms with Gasteiger partial charge in [-0.2, -0.15) is 0 Å². The van der Waals surface area contributed by atoms with Crippen LogP contribution in [0.1, 0.15) is 34.6 Å². The Balaban J connectivity index is 5.07. The van der Waals surface area contributed by atoms with Gasteiger partial charge >= 0.3 is 12.0 Å². The fraction of sp³-hybridized carbons (Fsp3) is 0.846. The fourth-order valence-electron chi connectivity index (χ4n) is 1.65. The summed E-state index contributed by atoms with van der Waals surface area (Å²) in [6.07, 6.45) is 0. The van der Waals surface area contributed by atoms with Gasteiger partial charge in [-0.05, 0) is 34.6 Å². The second-order valence-electron chi connectivity index (χ2n) is 5.71. The molecular weight excluding hydrogens is 248 g/mol. The Hall–Kier alpha value is -1.30. The van der Waals surface area contributed by atoms with Crippen LogP contribution in [0.15, 0.2) is 0 Å².